The molecule has 1 aromatic rings. The van der Waals surface area contributed by atoms with Crippen molar-refractivity contribution in [2.24, 2.45) is 0 Å². The molecule has 1 aromatic carbocycles. The largest absolute Gasteiger partial charge is 0.314 e. The van der Waals surface area contributed by atoms with E-state index in [1.165, 1.54) is 16.7 Å². The Morgan fingerprint density at radius 2 is 1.89 bits per heavy atom. The van der Waals surface area contributed by atoms with E-state index in [1.54, 1.807) is 0 Å². The zero-order chi connectivity index (χ0) is 13.0. The van der Waals surface area contributed by atoms with E-state index in [1.807, 2.05) is 0 Å². The smallest absolute Gasteiger partial charge is 0.0507 e. The molecule has 2 rings (SSSR count). The van der Waals surface area contributed by atoms with Gasteiger partial charge in [-0.3, -0.25) is 9.80 Å². The highest BCUT2D eigenvalue weighted by Gasteiger charge is 2.11. The van der Waals surface area contributed by atoms with Gasteiger partial charge < -0.3 is 5.32 Å². The molecule has 3 nitrogen and oxygen atoms in total. The molecule has 100 valence electrons. The van der Waals surface area contributed by atoms with Crippen LogP contribution in [0, 0.1) is 13.8 Å². The van der Waals surface area contributed by atoms with Crippen LogP contribution < -0.4 is 5.32 Å². The van der Waals surface area contributed by atoms with Crippen molar-refractivity contribution in [3.63, 3.8) is 0 Å². The summed E-state index contributed by atoms with van der Waals surface area (Å²) in [5, 5.41) is 3.39. The lowest BCUT2D eigenvalue weighted by Crippen LogP contribution is -2.47. The Labute approximate surface area is 111 Å². The Morgan fingerprint density at radius 3 is 2.56 bits per heavy atom. The Balaban J connectivity index is 1.85. The van der Waals surface area contributed by atoms with E-state index in [0.29, 0.717) is 0 Å². The lowest BCUT2D eigenvalue weighted by Gasteiger charge is -2.31. The lowest BCUT2D eigenvalue weighted by molar-refractivity contribution is 0.135. The predicted molar refractivity (Wildman–Crippen MR) is 76.7 cm³/mol. The fourth-order valence-electron chi connectivity index (χ4n) is 2.46. The summed E-state index contributed by atoms with van der Waals surface area (Å²) >= 11 is 0. The summed E-state index contributed by atoms with van der Waals surface area (Å²) in [5.41, 5.74) is 4.18. The molecule has 1 aliphatic rings. The second kappa shape index (κ2) is 6.32. The second-order valence-electron chi connectivity index (χ2n) is 5.44. The molecular weight excluding hydrogens is 222 g/mol. The number of nitrogens with zero attached hydrogens (tertiary/aromatic N) is 2. The molecule has 0 atom stereocenters. The van der Waals surface area contributed by atoms with Crippen LogP contribution in [-0.4, -0.2) is 49.7 Å². The summed E-state index contributed by atoms with van der Waals surface area (Å²) in [6.45, 7) is 11.0. The van der Waals surface area contributed by atoms with E-state index in [-0.39, 0.29) is 0 Å². The standard InChI is InChI=1S/C15H25N3/c1-13-4-5-15(10-14(13)2)11-17(3)12-18-8-6-16-7-9-18/h4-5,10,16H,6-9,11-12H2,1-3H3. The zero-order valence-electron chi connectivity index (χ0n) is 11.9. The second-order valence-corrected chi connectivity index (χ2v) is 5.44. The predicted octanol–water partition coefficient (Wildman–Crippen LogP) is 1.60. The van der Waals surface area contributed by atoms with Gasteiger partial charge in [-0.1, -0.05) is 18.2 Å². The first-order valence-electron chi connectivity index (χ1n) is 6.83. The molecular formula is C15H25N3. The maximum atomic E-state index is 3.39. The molecule has 0 bridgehead atoms. The molecule has 18 heavy (non-hydrogen) atoms. The normalized spacial score (nSPS) is 17.3. The van der Waals surface area contributed by atoms with Gasteiger partial charge in [0.25, 0.3) is 0 Å². The van der Waals surface area contributed by atoms with Crippen molar-refractivity contribution in [2.45, 2.75) is 20.4 Å². The molecule has 0 aromatic heterocycles. The molecule has 1 heterocycles. The third-order valence-corrected chi connectivity index (χ3v) is 3.67. The maximum Gasteiger partial charge on any atom is 0.0507 e. The van der Waals surface area contributed by atoms with Crippen LogP contribution in [0.2, 0.25) is 0 Å². The average Bonchev–Trinajstić information content (AvgIpc) is 2.35. The van der Waals surface area contributed by atoms with Crippen molar-refractivity contribution in [1.29, 1.82) is 0 Å². The first kappa shape index (κ1) is 13.5. The van der Waals surface area contributed by atoms with Crippen LogP contribution in [0.1, 0.15) is 16.7 Å². The number of rotatable bonds is 4. The molecule has 3 heteroatoms. The Hall–Kier alpha value is -0.900. The minimum atomic E-state index is 1.03. The maximum absolute atomic E-state index is 3.39. The highest BCUT2D eigenvalue weighted by molar-refractivity contribution is 5.29. The van der Waals surface area contributed by atoms with Crippen LogP contribution in [0.25, 0.3) is 0 Å². The summed E-state index contributed by atoms with van der Waals surface area (Å²) in [6.07, 6.45) is 0. The molecule has 1 saturated heterocycles. The van der Waals surface area contributed by atoms with Gasteiger partial charge in [-0.2, -0.15) is 0 Å². The quantitative estimate of drug-likeness (QED) is 0.872. The monoisotopic (exact) mass is 247 g/mol. The van der Waals surface area contributed by atoms with Crippen LogP contribution in [0.15, 0.2) is 18.2 Å². The molecule has 0 aliphatic carbocycles. The molecule has 1 aliphatic heterocycles. The molecule has 1 N–H and O–H groups in total. The SMILES string of the molecule is Cc1ccc(CN(C)CN2CCNCC2)cc1C. The van der Waals surface area contributed by atoms with Crippen molar-refractivity contribution in [1.82, 2.24) is 15.1 Å². The summed E-state index contributed by atoms with van der Waals surface area (Å²) < 4.78 is 0. The van der Waals surface area contributed by atoms with Crippen molar-refractivity contribution >= 4 is 0 Å². The van der Waals surface area contributed by atoms with E-state index in [9.17, 15) is 0 Å². The molecule has 0 amide bonds. The molecule has 0 spiro atoms. The van der Waals surface area contributed by atoms with Gasteiger partial charge >= 0.3 is 0 Å². The first-order chi connectivity index (χ1) is 8.65. The van der Waals surface area contributed by atoms with Crippen LogP contribution in [0.4, 0.5) is 0 Å². The Bertz CT molecular complexity index is 383. The number of nitrogens with one attached hydrogen (secondary N) is 1. The zero-order valence-corrected chi connectivity index (χ0v) is 11.9. The van der Waals surface area contributed by atoms with E-state index in [2.05, 4.69) is 54.2 Å². The number of piperazine rings is 1. The van der Waals surface area contributed by atoms with E-state index in [0.717, 1.165) is 39.4 Å². The number of benzene rings is 1. The summed E-state index contributed by atoms with van der Waals surface area (Å²) in [5.74, 6) is 0. The van der Waals surface area contributed by atoms with E-state index < -0.39 is 0 Å². The summed E-state index contributed by atoms with van der Waals surface area (Å²) in [4.78, 5) is 4.91. The van der Waals surface area contributed by atoms with Gasteiger partial charge in [0.2, 0.25) is 0 Å². The fraction of sp³-hybridized carbons (Fsp3) is 0.600. The van der Waals surface area contributed by atoms with Gasteiger partial charge in [0.15, 0.2) is 0 Å². The lowest BCUT2D eigenvalue weighted by atomic mass is 10.1. The van der Waals surface area contributed by atoms with Crippen LogP contribution in [0.3, 0.4) is 0 Å². The highest BCUT2D eigenvalue weighted by atomic mass is 15.3. The van der Waals surface area contributed by atoms with Crippen molar-refractivity contribution in [2.75, 3.05) is 39.9 Å². The third-order valence-electron chi connectivity index (χ3n) is 3.67. The van der Waals surface area contributed by atoms with Gasteiger partial charge in [0.05, 0.1) is 6.67 Å². The highest BCUT2D eigenvalue weighted by Crippen LogP contribution is 2.11. The van der Waals surface area contributed by atoms with Crippen molar-refractivity contribution in [3.8, 4) is 0 Å². The van der Waals surface area contributed by atoms with Gasteiger partial charge in [-0.15, -0.1) is 0 Å². The van der Waals surface area contributed by atoms with Gasteiger partial charge in [-0.05, 0) is 37.6 Å². The third kappa shape index (κ3) is 3.80. The Morgan fingerprint density at radius 1 is 1.17 bits per heavy atom. The average molecular weight is 247 g/mol. The number of aryl methyl sites for hydroxylation is 2. The summed E-state index contributed by atoms with van der Waals surface area (Å²) in [6, 6.07) is 6.78. The van der Waals surface area contributed by atoms with Gasteiger partial charge in [0, 0.05) is 32.7 Å². The molecule has 0 unspecified atom stereocenters. The number of hydrogen-bond donors (Lipinski definition) is 1. The molecule has 1 fully saturated rings. The van der Waals surface area contributed by atoms with Crippen molar-refractivity contribution < 1.29 is 0 Å². The first-order valence-corrected chi connectivity index (χ1v) is 6.83. The van der Waals surface area contributed by atoms with Crippen molar-refractivity contribution in [3.05, 3.63) is 34.9 Å². The van der Waals surface area contributed by atoms with Gasteiger partial charge in [-0.25, -0.2) is 0 Å². The van der Waals surface area contributed by atoms with Crippen LogP contribution >= 0.6 is 0 Å². The van der Waals surface area contributed by atoms with E-state index >= 15 is 0 Å². The molecule has 0 saturated carbocycles. The van der Waals surface area contributed by atoms with Crippen LogP contribution in [0.5, 0.6) is 0 Å². The van der Waals surface area contributed by atoms with E-state index in [4.69, 9.17) is 0 Å². The summed E-state index contributed by atoms with van der Waals surface area (Å²) in [7, 11) is 2.21. The van der Waals surface area contributed by atoms with Crippen LogP contribution in [-0.2, 0) is 6.54 Å². The van der Waals surface area contributed by atoms with Gasteiger partial charge in [0.1, 0.15) is 0 Å². The molecule has 0 radical (unpaired) electrons. The minimum Gasteiger partial charge on any atom is -0.314 e. The number of hydrogen-bond acceptors (Lipinski definition) is 3. The fourth-order valence-corrected chi connectivity index (χ4v) is 2.46. The Kier molecular flexibility index (Phi) is 4.75. The topological polar surface area (TPSA) is 18.5 Å². The minimum absolute atomic E-state index is 1.03.